The minimum absolute atomic E-state index is 0.0263. The Morgan fingerprint density at radius 2 is 1.05 bits per heavy atom. The molecule has 0 fully saturated rings. The summed E-state index contributed by atoms with van der Waals surface area (Å²) in [5.41, 5.74) is 6.59. The van der Waals surface area contributed by atoms with Crippen molar-refractivity contribution in [3.05, 3.63) is 157 Å². The van der Waals surface area contributed by atoms with Crippen LogP contribution < -0.4 is 0 Å². The molecule has 0 heterocycles. The number of fused-ring (bicyclic) bond motifs is 9. The standard InChI is InChI=1S/C43H30/c1-43(2)40-26-31(21-22-36(40)38-24-20-29-10-4-8-14-35(29)42(38)43)27-15-17-30(18-16-27)41-34-13-7-5-11-32(34)25-39-33-12-6-3-9-28(33)19-23-37(39)41/h3-26H,1-2H3/i15D,16D,17D,18D. The zero-order valence-electron chi connectivity index (χ0n) is 28.0. The quantitative estimate of drug-likeness (QED) is 0.148. The van der Waals surface area contributed by atoms with E-state index >= 15 is 0 Å². The molecule has 1 aliphatic carbocycles. The summed E-state index contributed by atoms with van der Waals surface area (Å²) in [6, 6.07) is 41.5. The first-order valence-electron chi connectivity index (χ1n) is 16.9. The minimum Gasteiger partial charge on any atom is -0.0616 e. The highest BCUT2D eigenvalue weighted by atomic mass is 14.4. The van der Waals surface area contributed by atoms with E-state index in [0.717, 1.165) is 49.0 Å². The molecule has 0 bridgehead atoms. The van der Waals surface area contributed by atoms with Gasteiger partial charge in [-0.05, 0) is 99.7 Å². The van der Waals surface area contributed by atoms with Crippen LogP contribution in [0.1, 0.15) is 30.5 Å². The normalized spacial score (nSPS) is 14.8. The van der Waals surface area contributed by atoms with E-state index in [1.807, 2.05) is 36.4 Å². The van der Waals surface area contributed by atoms with Gasteiger partial charge in [0.05, 0.1) is 5.48 Å². The van der Waals surface area contributed by atoms with Crippen molar-refractivity contribution in [2.45, 2.75) is 19.3 Å². The molecule has 1 aliphatic rings. The largest absolute Gasteiger partial charge is 0.0629 e. The number of hydrogen-bond acceptors (Lipinski definition) is 0. The fourth-order valence-electron chi connectivity index (χ4n) is 7.43. The molecule has 0 saturated heterocycles. The fraction of sp³-hybridized carbons (Fsp3) is 0.0698. The van der Waals surface area contributed by atoms with Gasteiger partial charge < -0.3 is 0 Å². The molecule has 0 aromatic heterocycles. The van der Waals surface area contributed by atoms with E-state index in [2.05, 4.69) is 98.8 Å². The molecule has 0 heteroatoms. The monoisotopic (exact) mass is 550 g/mol. The van der Waals surface area contributed by atoms with E-state index in [-0.39, 0.29) is 29.6 Å². The second kappa shape index (κ2) is 8.90. The summed E-state index contributed by atoms with van der Waals surface area (Å²) in [6.07, 6.45) is 0. The second-order valence-electron chi connectivity index (χ2n) is 12.2. The van der Waals surface area contributed by atoms with Crippen LogP contribution in [0.25, 0.3) is 76.5 Å². The SMILES string of the molecule is [2H]c1c([2H])c(-c2c3ccccc3cc3c2ccc2ccccc23)c([2H])c([2H])c1-c1ccc2c(c1)C(C)(C)c1c-2ccc2ccccc12. The predicted octanol–water partition coefficient (Wildman–Crippen LogP) is 11.9. The molecule has 0 saturated carbocycles. The van der Waals surface area contributed by atoms with Gasteiger partial charge in [0, 0.05) is 5.41 Å². The first-order valence-corrected chi connectivity index (χ1v) is 14.9. The summed E-state index contributed by atoms with van der Waals surface area (Å²) in [5, 5.41) is 8.51. The summed E-state index contributed by atoms with van der Waals surface area (Å²) in [4.78, 5) is 0. The molecule has 0 radical (unpaired) electrons. The van der Waals surface area contributed by atoms with Crippen molar-refractivity contribution >= 4 is 43.1 Å². The van der Waals surface area contributed by atoms with Gasteiger partial charge in [-0.3, -0.25) is 0 Å². The third kappa shape index (κ3) is 3.50. The topological polar surface area (TPSA) is 0 Å². The van der Waals surface area contributed by atoms with Crippen LogP contribution >= 0.6 is 0 Å². The van der Waals surface area contributed by atoms with E-state index < -0.39 is 0 Å². The first-order chi connectivity index (χ1) is 22.8. The zero-order valence-corrected chi connectivity index (χ0v) is 24.0. The Bertz CT molecular complexity index is 2620. The van der Waals surface area contributed by atoms with Crippen molar-refractivity contribution in [2.75, 3.05) is 0 Å². The van der Waals surface area contributed by atoms with Gasteiger partial charge in [-0.1, -0.05) is 147 Å². The molecule has 0 amide bonds. The van der Waals surface area contributed by atoms with Gasteiger partial charge in [0.15, 0.2) is 0 Å². The average Bonchev–Trinajstić information content (AvgIpc) is 3.33. The molecular formula is C43H30. The Kier molecular flexibility index (Phi) is 4.27. The molecule has 0 spiro atoms. The minimum atomic E-state index is -0.301. The van der Waals surface area contributed by atoms with Gasteiger partial charge in [0.25, 0.3) is 0 Å². The number of rotatable bonds is 2. The molecule has 0 atom stereocenters. The number of hydrogen-bond donors (Lipinski definition) is 0. The molecule has 8 aromatic carbocycles. The molecule has 43 heavy (non-hydrogen) atoms. The van der Waals surface area contributed by atoms with Gasteiger partial charge in [-0.25, -0.2) is 0 Å². The highest BCUT2D eigenvalue weighted by Crippen LogP contribution is 2.52. The predicted molar refractivity (Wildman–Crippen MR) is 185 cm³/mol. The maximum absolute atomic E-state index is 9.41. The van der Waals surface area contributed by atoms with Gasteiger partial charge in [-0.15, -0.1) is 0 Å². The van der Waals surface area contributed by atoms with Crippen LogP contribution in [0.4, 0.5) is 0 Å². The lowest BCUT2D eigenvalue weighted by molar-refractivity contribution is 0.666. The van der Waals surface area contributed by atoms with Gasteiger partial charge in [0.1, 0.15) is 0 Å². The Balaban J connectivity index is 1.28. The lowest BCUT2D eigenvalue weighted by Gasteiger charge is -2.23. The maximum atomic E-state index is 9.41. The molecule has 8 aromatic rings. The van der Waals surface area contributed by atoms with Gasteiger partial charge in [-0.2, -0.15) is 0 Å². The van der Waals surface area contributed by atoms with E-state index in [9.17, 15) is 5.48 Å². The Hall–Kier alpha value is -5.20. The van der Waals surface area contributed by atoms with E-state index in [1.165, 1.54) is 21.9 Å². The third-order valence-electron chi connectivity index (χ3n) is 9.47. The first kappa shape index (κ1) is 20.6. The summed E-state index contributed by atoms with van der Waals surface area (Å²) in [7, 11) is 0. The Labute approximate surface area is 257 Å². The molecule has 0 unspecified atom stereocenters. The van der Waals surface area contributed by atoms with Crippen molar-refractivity contribution in [1.29, 1.82) is 0 Å². The van der Waals surface area contributed by atoms with E-state index in [4.69, 9.17) is 0 Å². The van der Waals surface area contributed by atoms with Crippen LogP contribution in [-0.4, -0.2) is 0 Å². The Morgan fingerprint density at radius 1 is 0.442 bits per heavy atom. The van der Waals surface area contributed by atoms with Gasteiger partial charge in [0.2, 0.25) is 0 Å². The van der Waals surface area contributed by atoms with Gasteiger partial charge >= 0.3 is 0 Å². The fourth-order valence-corrected chi connectivity index (χ4v) is 7.43. The summed E-state index contributed by atoms with van der Waals surface area (Å²) in [5.74, 6) is 0. The lowest BCUT2D eigenvalue weighted by atomic mass is 9.79. The van der Waals surface area contributed by atoms with Crippen LogP contribution in [0.3, 0.4) is 0 Å². The van der Waals surface area contributed by atoms with Crippen molar-refractivity contribution in [2.24, 2.45) is 0 Å². The van der Waals surface area contributed by atoms with Crippen molar-refractivity contribution < 1.29 is 5.48 Å². The van der Waals surface area contributed by atoms with E-state index in [0.29, 0.717) is 16.7 Å². The zero-order chi connectivity index (χ0) is 32.2. The molecule has 0 aliphatic heterocycles. The third-order valence-corrected chi connectivity index (χ3v) is 9.47. The molecule has 9 rings (SSSR count). The lowest BCUT2D eigenvalue weighted by Crippen LogP contribution is -2.15. The maximum Gasteiger partial charge on any atom is 0.0629 e. The molecule has 202 valence electrons. The summed E-state index contributed by atoms with van der Waals surface area (Å²) < 4.78 is 37.5. The van der Waals surface area contributed by atoms with Crippen LogP contribution in [0.15, 0.2) is 145 Å². The molecule has 0 nitrogen and oxygen atoms in total. The van der Waals surface area contributed by atoms with E-state index in [1.54, 1.807) is 0 Å². The smallest absolute Gasteiger partial charge is 0.0616 e. The van der Waals surface area contributed by atoms with Crippen molar-refractivity contribution in [1.82, 2.24) is 0 Å². The average molecular weight is 551 g/mol. The summed E-state index contributed by atoms with van der Waals surface area (Å²) in [6.45, 7) is 4.47. The Morgan fingerprint density at radius 3 is 1.84 bits per heavy atom. The van der Waals surface area contributed by atoms with Crippen molar-refractivity contribution in [3.63, 3.8) is 0 Å². The highest BCUT2D eigenvalue weighted by Gasteiger charge is 2.37. The van der Waals surface area contributed by atoms with Crippen molar-refractivity contribution in [3.8, 4) is 33.4 Å². The van der Waals surface area contributed by atoms with Crippen LogP contribution in [0.2, 0.25) is 0 Å². The van der Waals surface area contributed by atoms with Crippen LogP contribution in [0.5, 0.6) is 0 Å². The molecule has 0 N–H and O–H groups in total. The summed E-state index contributed by atoms with van der Waals surface area (Å²) >= 11 is 0. The van der Waals surface area contributed by atoms with Crippen LogP contribution in [-0.2, 0) is 5.41 Å². The highest BCUT2D eigenvalue weighted by molar-refractivity contribution is 6.20. The van der Waals surface area contributed by atoms with Crippen LogP contribution in [0, 0.1) is 0 Å². The second-order valence-corrected chi connectivity index (χ2v) is 12.2. The number of benzene rings is 8. The molecular weight excluding hydrogens is 516 g/mol.